The third kappa shape index (κ3) is 4.49. The quantitative estimate of drug-likeness (QED) is 0.301. The van der Waals surface area contributed by atoms with Crippen LogP contribution in [0, 0.1) is 6.92 Å². The first-order chi connectivity index (χ1) is 17.6. The highest BCUT2D eigenvalue weighted by atomic mass is 16.7. The van der Waals surface area contributed by atoms with Crippen molar-refractivity contribution in [3.8, 4) is 5.75 Å². The number of anilines is 1. The maximum absolute atomic E-state index is 12.8. The van der Waals surface area contributed by atoms with E-state index in [1.54, 1.807) is 39.0 Å². The molecule has 10 nitrogen and oxygen atoms in total. The summed E-state index contributed by atoms with van der Waals surface area (Å²) in [6, 6.07) is 14.0. The van der Waals surface area contributed by atoms with E-state index in [-0.39, 0.29) is 11.3 Å². The molecule has 1 saturated heterocycles. The predicted molar refractivity (Wildman–Crippen MR) is 136 cm³/mol. The molecule has 1 fully saturated rings. The van der Waals surface area contributed by atoms with E-state index in [4.69, 9.17) is 18.6 Å². The molecule has 1 amide bonds. The molecule has 0 aliphatic carbocycles. The Kier molecular flexibility index (Phi) is 6.28. The minimum atomic E-state index is -1.37. The third-order valence-electron chi connectivity index (χ3n) is 6.67. The number of carbonyl (C=O) groups is 1. The molecule has 5 rings (SSSR count). The normalized spacial score (nSPS) is 23.3. The van der Waals surface area contributed by atoms with Crippen molar-refractivity contribution in [1.82, 2.24) is 4.98 Å². The van der Waals surface area contributed by atoms with E-state index >= 15 is 0 Å². The molecule has 37 heavy (non-hydrogen) atoms. The molecule has 4 aromatic rings. The zero-order valence-corrected chi connectivity index (χ0v) is 20.8. The topological polar surface area (TPSA) is 143 Å². The van der Waals surface area contributed by atoms with Gasteiger partial charge in [0, 0.05) is 29.0 Å². The summed E-state index contributed by atoms with van der Waals surface area (Å²) in [5, 5.41) is 25.1. The largest absolute Gasteiger partial charge is 0.462 e. The highest BCUT2D eigenvalue weighted by Crippen LogP contribution is 2.35. The van der Waals surface area contributed by atoms with Gasteiger partial charge >= 0.3 is 5.63 Å². The van der Waals surface area contributed by atoms with E-state index in [1.807, 2.05) is 24.3 Å². The zero-order valence-electron chi connectivity index (χ0n) is 20.8. The summed E-state index contributed by atoms with van der Waals surface area (Å²) in [6.07, 6.45) is -4.55. The van der Waals surface area contributed by atoms with Gasteiger partial charge in [0.05, 0.1) is 5.60 Å². The lowest BCUT2D eigenvalue weighted by Gasteiger charge is -2.46. The number of aromatic nitrogens is 1. The van der Waals surface area contributed by atoms with Gasteiger partial charge in [-0.15, -0.1) is 0 Å². The number of amides is 1. The van der Waals surface area contributed by atoms with Crippen LogP contribution in [0.3, 0.4) is 0 Å². The Morgan fingerprint density at radius 3 is 2.57 bits per heavy atom. The third-order valence-corrected chi connectivity index (χ3v) is 6.67. The minimum absolute atomic E-state index is 0.00857. The Morgan fingerprint density at radius 2 is 1.84 bits per heavy atom. The monoisotopic (exact) mass is 508 g/mol. The first-order valence-electron chi connectivity index (χ1n) is 11.8. The lowest BCUT2D eigenvalue weighted by molar-refractivity contribution is -0.306. The zero-order chi connectivity index (χ0) is 26.5. The van der Waals surface area contributed by atoms with Crippen molar-refractivity contribution in [2.75, 3.05) is 12.4 Å². The molecule has 2 aromatic heterocycles. The summed E-state index contributed by atoms with van der Waals surface area (Å²) in [7, 11) is 1.43. The maximum atomic E-state index is 12.8. The van der Waals surface area contributed by atoms with Crippen LogP contribution >= 0.6 is 0 Å². The van der Waals surface area contributed by atoms with Gasteiger partial charge in [-0.3, -0.25) is 4.79 Å². The number of aryl methyl sites for hydroxylation is 1. The van der Waals surface area contributed by atoms with Crippen molar-refractivity contribution in [1.29, 1.82) is 0 Å². The van der Waals surface area contributed by atoms with Gasteiger partial charge in [-0.25, -0.2) is 4.79 Å². The second-order valence-corrected chi connectivity index (χ2v) is 9.62. The Labute approximate surface area is 211 Å². The summed E-state index contributed by atoms with van der Waals surface area (Å²) in [5.74, 6) is -0.174. The van der Waals surface area contributed by atoms with Gasteiger partial charge in [0.1, 0.15) is 41.0 Å². The van der Waals surface area contributed by atoms with Gasteiger partial charge in [-0.2, -0.15) is 0 Å². The lowest BCUT2D eigenvalue weighted by Crippen LogP contribution is -2.63. The highest BCUT2D eigenvalue weighted by Gasteiger charge is 2.50. The molecule has 3 heterocycles. The van der Waals surface area contributed by atoms with Crippen LogP contribution in [0.15, 0.2) is 57.7 Å². The van der Waals surface area contributed by atoms with Crippen molar-refractivity contribution < 1.29 is 33.6 Å². The minimum Gasteiger partial charge on any atom is -0.462 e. The van der Waals surface area contributed by atoms with E-state index in [1.165, 1.54) is 13.2 Å². The SMILES string of the molecule is CO[C@@H]1[C@@H](O)[C@H](O)[C@H](Oc2ccc3cc(NC(=O)c4cc5ccccc5[nH]4)c(=O)oc3c2C)OC1(C)C. The average molecular weight is 509 g/mol. The van der Waals surface area contributed by atoms with Crippen LogP contribution in [0.25, 0.3) is 21.9 Å². The van der Waals surface area contributed by atoms with E-state index in [0.29, 0.717) is 22.4 Å². The fourth-order valence-corrected chi connectivity index (χ4v) is 4.74. The predicted octanol–water partition coefficient (Wildman–Crippen LogP) is 3.09. The first kappa shape index (κ1) is 25.0. The molecule has 0 saturated carbocycles. The molecule has 10 heteroatoms. The number of aliphatic hydroxyl groups excluding tert-OH is 2. The number of aromatic amines is 1. The van der Waals surface area contributed by atoms with Gasteiger partial charge < -0.3 is 39.1 Å². The number of para-hydroxylation sites is 1. The molecule has 0 radical (unpaired) electrons. The Bertz CT molecular complexity index is 1510. The van der Waals surface area contributed by atoms with E-state index < -0.39 is 41.7 Å². The van der Waals surface area contributed by atoms with Gasteiger partial charge in [0.15, 0.2) is 0 Å². The standard InChI is InChI=1S/C27H28N2O8/c1-13-19(35-26-21(31)20(30)23(34-4)27(2,3)37-26)10-9-15-12-18(25(33)36-22(13)15)29-24(32)17-11-14-7-5-6-8-16(14)28-17/h5-12,20-21,23,26,28,30-31H,1-4H3,(H,29,32)/t20-,21-,23+,26+/m0/s1. The number of carbonyl (C=O) groups excluding carboxylic acids is 1. The molecule has 194 valence electrons. The summed E-state index contributed by atoms with van der Waals surface area (Å²) >= 11 is 0. The van der Waals surface area contributed by atoms with Crippen molar-refractivity contribution in [3.63, 3.8) is 0 Å². The molecule has 0 spiro atoms. The smallest absolute Gasteiger partial charge is 0.360 e. The van der Waals surface area contributed by atoms with Crippen molar-refractivity contribution in [2.24, 2.45) is 0 Å². The van der Waals surface area contributed by atoms with Crippen molar-refractivity contribution >= 4 is 33.5 Å². The van der Waals surface area contributed by atoms with Crippen LogP contribution in [0.1, 0.15) is 29.9 Å². The van der Waals surface area contributed by atoms with Crippen LogP contribution in [0.2, 0.25) is 0 Å². The second kappa shape index (κ2) is 9.31. The average Bonchev–Trinajstić information content (AvgIpc) is 3.30. The molecule has 4 atom stereocenters. The summed E-state index contributed by atoms with van der Waals surface area (Å²) in [4.78, 5) is 28.5. The van der Waals surface area contributed by atoms with Crippen molar-refractivity contribution in [2.45, 2.75) is 51.0 Å². The number of rotatable bonds is 5. The molecular weight excluding hydrogens is 480 g/mol. The fourth-order valence-electron chi connectivity index (χ4n) is 4.74. The van der Waals surface area contributed by atoms with Gasteiger partial charge in [0.25, 0.3) is 5.91 Å². The van der Waals surface area contributed by atoms with Gasteiger partial charge in [-0.05, 0) is 51.1 Å². The number of hydrogen-bond donors (Lipinski definition) is 4. The van der Waals surface area contributed by atoms with Crippen LogP contribution in [0.5, 0.6) is 5.75 Å². The van der Waals surface area contributed by atoms with Crippen LogP contribution in [-0.4, -0.2) is 58.4 Å². The van der Waals surface area contributed by atoms with Crippen LogP contribution < -0.4 is 15.7 Å². The van der Waals surface area contributed by atoms with Gasteiger partial charge in [-0.1, -0.05) is 18.2 Å². The number of aliphatic hydroxyl groups is 2. The highest BCUT2D eigenvalue weighted by molar-refractivity contribution is 6.06. The van der Waals surface area contributed by atoms with E-state index in [0.717, 1.165) is 10.9 Å². The van der Waals surface area contributed by atoms with Crippen LogP contribution in [-0.2, 0) is 9.47 Å². The Morgan fingerprint density at radius 1 is 1.08 bits per heavy atom. The number of benzene rings is 2. The number of H-pyrrole nitrogens is 1. The molecule has 4 N–H and O–H groups in total. The van der Waals surface area contributed by atoms with Crippen LogP contribution in [0.4, 0.5) is 5.69 Å². The number of ether oxygens (including phenoxy) is 3. The number of hydrogen-bond acceptors (Lipinski definition) is 8. The number of nitrogens with one attached hydrogen (secondary N) is 2. The Balaban J connectivity index is 1.40. The fraction of sp³-hybridized carbons (Fsp3) is 0.333. The van der Waals surface area contributed by atoms with Crippen molar-refractivity contribution in [3.05, 3.63) is 70.2 Å². The molecule has 0 bridgehead atoms. The van der Waals surface area contributed by atoms with Gasteiger partial charge in [0.2, 0.25) is 6.29 Å². The Hall–Kier alpha value is -3.70. The maximum Gasteiger partial charge on any atom is 0.360 e. The van der Waals surface area contributed by atoms with E-state index in [9.17, 15) is 19.8 Å². The second-order valence-electron chi connectivity index (χ2n) is 9.62. The lowest BCUT2D eigenvalue weighted by atomic mass is 9.89. The number of fused-ring (bicyclic) bond motifs is 2. The molecule has 0 unspecified atom stereocenters. The molecular formula is C27H28N2O8. The molecule has 2 aromatic carbocycles. The summed E-state index contributed by atoms with van der Waals surface area (Å²) < 4.78 is 22.6. The first-order valence-corrected chi connectivity index (χ1v) is 11.8. The molecule has 1 aliphatic heterocycles. The summed E-state index contributed by atoms with van der Waals surface area (Å²) in [5.41, 5.74) is 0.185. The summed E-state index contributed by atoms with van der Waals surface area (Å²) in [6.45, 7) is 5.15. The van der Waals surface area contributed by atoms with E-state index in [2.05, 4.69) is 10.3 Å². The molecule has 1 aliphatic rings. The number of methoxy groups -OCH3 is 1.